The maximum absolute atomic E-state index is 6.03. The second-order valence-corrected chi connectivity index (χ2v) is 6.43. The topological polar surface area (TPSA) is 20.7 Å². The summed E-state index contributed by atoms with van der Waals surface area (Å²) in [7, 11) is 0. The third kappa shape index (κ3) is 2.43. The minimum Gasteiger partial charge on any atom is -0.331 e. The van der Waals surface area contributed by atoms with Crippen LogP contribution in [-0.2, 0) is 0 Å². The zero-order valence-corrected chi connectivity index (χ0v) is 13.9. The molecule has 0 radical (unpaired) electrons. The van der Waals surface area contributed by atoms with Crippen molar-refractivity contribution in [2.24, 2.45) is 0 Å². The molecule has 0 aliphatic rings. The SMILES string of the molecule is CC(c1ccc(Br)cc1)n1c(=S)[nH]c2cc(Cl)ccc21. The van der Waals surface area contributed by atoms with E-state index in [0.717, 1.165) is 15.5 Å². The van der Waals surface area contributed by atoms with Crippen molar-refractivity contribution in [1.82, 2.24) is 9.55 Å². The maximum atomic E-state index is 6.03. The van der Waals surface area contributed by atoms with Crippen LogP contribution in [0, 0.1) is 4.77 Å². The summed E-state index contributed by atoms with van der Waals surface area (Å²) in [4.78, 5) is 3.21. The standard InChI is InChI=1S/C15H12BrClN2S/c1-9(10-2-4-11(16)5-3-10)19-14-7-6-12(17)8-13(14)18-15(19)20/h2-9H,1H3,(H,18,20). The Kier molecular flexibility index (Phi) is 3.71. The van der Waals surface area contributed by atoms with Crippen molar-refractivity contribution in [3.8, 4) is 0 Å². The number of H-pyrrole nitrogens is 1. The summed E-state index contributed by atoms with van der Waals surface area (Å²) in [6.07, 6.45) is 0. The lowest BCUT2D eigenvalue weighted by atomic mass is 10.1. The van der Waals surface area contributed by atoms with Gasteiger partial charge in [-0.05, 0) is 55.0 Å². The van der Waals surface area contributed by atoms with Gasteiger partial charge in [0, 0.05) is 9.50 Å². The van der Waals surface area contributed by atoms with E-state index >= 15 is 0 Å². The summed E-state index contributed by atoms with van der Waals surface area (Å²) >= 11 is 14.9. The van der Waals surface area contributed by atoms with Crippen LogP contribution in [0.5, 0.6) is 0 Å². The molecule has 3 aromatic rings. The number of hydrogen-bond donors (Lipinski definition) is 1. The van der Waals surface area contributed by atoms with E-state index in [9.17, 15) is 0 Å². The molecular formula is C15H12BrClN2S. The van der Waals surface area contributed by atoms with Crippen molar-refractivity contribution in [3.05, 3.63) is 62.3 Å². The molecule has 5 heteroatoms. The molecule has 1 aromatic heterocycles. The molecule has 102 valence electrons. The molecule has 20 heavy (non-hydrogen) atoms. The van der Waals surface area contributed by atoms with Crippen LogP contribution in [0.25, 0.3) is 11.0 Å². The lowest BCUT2D eigenvalue weighted by Crippen LogP contribution is -2.06. The van der Waals surface area contributed by atoms with Crippen molar-refractivity contribution in [3.63, 3.8) is 0 Å². The molecular weight excluding hydrogens is 356 g/mol. The summed E-state index contributed by atoms with van der Waals surface area (Å²) < 4.78 is 3.89. The molecule has 3 rings (SSSR count). The zero-order valence-electron chi connectivity index (χ0n) is 10.7. The van der Waals surface area contributed by atoms with Gasteiger partial charge in [-0.25, -0.2) is 0 Å². The van der Waals surface area contributed by atoms with Crippen LogP contribution in [-0.4, -0.2) is 9.55 Å². The number of aromatic nitrogens is 2. The van der Waals surface area contributed by atoms with E-state index in [1.54, 1.807) is 0 Å². The highest BCUT2D eigenvalue weighted by Gasteiger charge is 2.13. The molecule has 0 spiro atoms. The predicted molar refractivity (Wildman–Crippen MR) is 90.1 cm³/mol. The van der Waals surface area contributed by atoms with E-state index in [-0.39, 0.29) is 6.04 Å². The smallest absolute Gasteiger partial charge is 0.178 e. The van der Waals surface area contributed by atoms with Crippen LogP contribution in [0.15, 0.2) is 46.9 Å². The molecule has 0 fully saturated rings. The number of benzene rings is 2. The summed E-state index contributed by atoms with van der Waals surface area (Å²) in [6.45, 7) is 2.14. The molecule has 1 N–H and O–H groups in total. The lowest BCUT2D eigenvalue weighted by Gasteiger charge is -2.15. The van der Waals surface area contributed by atoms with Crippen molar-refractivity contribution >= 4 is 50.8 Å². The highest BCUT2D eigenvalue weighted by molar-refractivity contribution is 9.10. The molecule has 2 nitrogen and oxygen atoms in total. The number of aromatic amines is 1. The summed E-state index contributed by atoms with van der Waals surface area (Å²) in [5.74, 6) is 0. The van der Waals surface area contributed by atoms with Gasteiger partial charge in [0.2, 0.25) is 0 Å². The Hall–Kier alpha value is -1.10. The third-order valence-corrected chi connectivity index (χ3v) is 4.48. The highest BCUT2D eigenvalue weighted by atomic mass is 79.9. The molecule has 2 aromatic carbocycles. The highest BCUT2D eigenvalue weighted by Crippen LogP contribution is 2.26. The van der Waals surface area contributed by atoms with Gasteiger partial charge in [-0.1, -0.05) is 39.7 Å². The van der Waals surface area contributed by atoms with Crippen LogP contribution in [0.1, 0.15) is 18.5 Å². The Balaban J connectivity index is 2.16. The summed E-state index contributed by atoms with van der Waals surface area (Å²) in [6, 6.07) is 14.2. The number of imidazole rings is 1. The molecule has 0 saturated carbocycles. The van der Waals surface area contributed by atoms with Crippen molar-refractivity contribution < 1.29 is 0 Å². The Morgan fingerprint density at radius 3 is 2.60 bits per heavy atom. The molecule has 1 unspecified atom stereocenters. The van der Waals surface area contributed by atoms with Gasteiger partial charge in [-0.15, -0.1) is 0 Å². The van der Waals surface area contributed by atoms with E-state index in [2.05, 4.69) is 44.5 Å². The summed E-state index contributed by atoms with van der Waals surface area (Å²) in [5, 5.41) is 0.706. The van der Waals surface area contributed by atoms with Crippen molar-refractivity contribution in [2.75, 3.05) is 0 Å². The van der Waals surface area contributed by atoms with Crippen molar-refractivity contribution in [2.45, 2.75) is 13.0 Å². The second kappa shape index (κ2) is 5.35. The first kappa shape index (κ1) is 13.9. The number of nitrogens with zero attached hydrogens (tertiary/aromatic N) is 1. The first-order chi connectivity index (χ1) is 9.56. The summed E-state index contributed by atoms with van der Waals surface area (Å²) in [5.41, 5.74) is 3.24. The number of rotatable bonds is 2. The van der Waals surface area contributed by atoms with Gasteiger partial charge in [-0.2, -0.15) is 0 Å². The number of hydrogen-bond acceptors (Lipinski definition) is 1. The Morgan fingerprint density at radius 2 is 1.90 bits per heavy atom. The third-order valence-electron chi connectivity index (χ3n) is 3.42. The Morgan fingerprint density at radius 1 is 1.20 bits per heavy atom. The quantitative estimate of drug-likeness (QED) is 0.574. The molecule has 0 aliphatic carbocycles. The van der Waals surface area contributed by atoms with Gasteiger partial charge in [0.1, 0.15) is 0 Å². The van der Waals surface area contributed by atoms with Crippen LogP contribution in [0.3, 0.4) is 0 Å². The molecule has 0 saturated heterocycles. The average molecular weight is 368 g/mol. The monoisotopic (exact) mass is 366 g/mol. The van der Waals surface area contributed by atoms with E-state index < -0.39 is 0 Å². The van der Waals surface area contributed by atoms with E-state index in [4.69, 9.17) is 23.8 Å². The normalized spacial score (nSPS) is 12.8. The fourth-order valence-electron chi connectivity index (χ4n) is 2.38. The van der Waals surface area contributed by atoms with Crippen molar-refractivity contribution in [1.29, 1.82) is 0 Å². The van der Waals surface area contributed by atoms with E-state index in [0.29, 0.717) is 9.79 Å². The van der Waals surface area contributed by atoms with Crippen LogP contribution in [0.4, 0.5) is 0 Å². The second-order valence-electron chi connectivity index (χ2n) is 4.69. The average Bonchev–Trinajstić information content (AvgIpc) is 2.73. The van der Waals surface area contributed by atoms with Crippen LogP contribution in [0.2, 0.25) is 5.02 Å². The molecule has 0 amide bonds. The van der Waals surface area contributed by atoms with Crippen LogP contribution < -0.4 is 0 Å². The first-order valence-electron chi connectivity index (χ1n) is 6.21. The van der Waals surface area contributed by atoms with Gasteiger partial charge >= 0.3 is 0 Å². The molecule has 1 heterocycles. The molecule has 0 bridgehead atoms. The number of fused-ring (bicyclic) bond motifs is 1. The van der Waals surface area contributed by atoms with Gasteiger partial charge < -0.3 is 9.55 Å². The largest absolute Gasteiger partial charge is 0.331 e. The fraction of sp³-hybridized carbons (Fsp3) is 0.133. The molecule has 0 aliphatic heterocycles. The maximum Gasteiger partial charge on any atom is 0.178 e. The van der Waals surface area contributed by atoms with Gasteiger partial charge in [0.25, 0.3) is 0 Å². The zero-order chi connectivity index (χ0) is 14.3. The number of halogens is 2. The number of nitrogens with one attached hydrogen (secondary N) is 1. The Labute approximate surface area is 135 Å². The minimum atomic E-state index is 0.158. The van der Waals surface area contributed by atoms with E-state index in [1.165, 1.54) is 5.56 Å². The Bertz CT molecular complexity index is 820. The molecule has 1 atom stereocenters. The van der Waals surface area contributed by atoms with Gasteiger partial charge in [0.05, 0.1) is 17.1 Å². The van der Waals surface area contributed by atoms with Crippen LogP contribution >= 0.6 is 39.7 Å². The fourth-order valence-corrected chi connectivity index (χ4v) is 3.18. The predicted octanol–water partition coefficient (Wildman–Crippen LogP) is 5.72. The van der Waals surface area contributed by atoms with Gasteiger partial charge in [-0.3, -0.25) is 0 Å². The lowest BCUT2D eigenvalue weighted by molar-refractivity contribution is 0.649. The van der Waals surface area contributed by atoms with E-state index in [1.807, 2.05) is 30.3 Å². The first-order valence-corrected chi connectivity index (χ1v) is 7.79. The minimum absolute atomic E-state index is 0.158. The van der Waals surface area contributed by atoms with Gasteiger partial charge in [0.15, 0.2) is 4.77 Å².